The minimum absolute atomic E-state index is 0.0790. The zero-order valence-electron chi connectivity index (χ0n) is 16.1. The van der Waals surface area contributed by atoms with Gasteiger partial charge in [-0.15, -0.1) is 0 Å². The molecule has 0 bridgehead atoms. The maximum absolute atomic E-state index is 12.9. The first-order chi connectivity index (χ1) is 14.5. The fourth-order valence-electron chi connectivity index (χ4n) is 3.98. The van der Waals surface area contributed by atoms with Crippen molar-refractivity contribution in [1.82, 2.24) is 4.90 Å². The SMILES string of the molecule is O=C1C(=O)N(CC2CCCO2)C(c2cccc([N+](=O)[O-])c2)/C1=C(\O)c1ccccc1. The minimum Gasteiger partial charge on any atom is -0.507 e. The summed E-state index contributed by atoms with van der Waals surface area (Å²) in [7, 11) is 0. The van der Waals surface area contributed by atoms with Crippen LogP contribution in [0.3, 0.4) is 0 Å². The number of rotatable bonds is 5. The highest BCUT2D eigenvalue weighted by Crippen LogP contribution is 2.40. The molecule has 0 saturated carbocycles. The van der Waals surface area contributed by atoms with E-state index in [1.165, 1.54) is 23.1 Å². The molecule has 2 saturated heterocycles. The van der Waals surface area contributed by atoms with Gasteiger partial charge in [0.05, 0.1) is 22.6 Å². The summed E-state index contributed by atoms with van der Waals surface area (Å²) in [5, 5.41) is 22.2. The van der Waals surface area contributed by atoms with Gasteiger partial charge in [-0.2, -0.15) is 0 Å². The van der Waals surface area contributed by atoms with Gasteiger partial charge >= 0.3 is 0 Å². The van der Waals surface area contributed by atoms with Crippen LogP contribution in [-0.2, 0) is 14.3 Å². The van der Waals surface area contributed by atoms with Gasteiger partial charge in [0.25, 0.3) is 17.4 Å². The molecular formula is C22H20N2O6. The van der Waals surface area contributed by atoms with Gasteiger partial charge in [0.2, 0.25) is 0 Å². The third-order valence-corrected chi connectivity index (χ3v) is 5.41. The molecule has 2 atom stereocenters. The predicted molar refractivity (Wildman–Crippen MR) is 108 cm³/mol. The third-order valence-electron chi connectivity index (χ3n) is 5.41. The minimum atomic E-state index is -0.936. The second-order valence-electron chi connectivity index (χ2n) is 7.30. The Morgan fingerprint density at radius 3 is 2.60 bits per heavy atom. The molecule has 2 aliphatic heterocycles. The summed E-state index contributed by atoms with van der Waals surface area (Å²) in [5.41, 5.74) is 0.543. The molecule has 1 amide bonds. The van der Waals surface area contributed by atoms with Crippen LogP contribution in [0.2, 0.25) is 0 Å². The molecule has 0 aromatic heterocycles. The quantitative estimate of drug-likeness (QED) is 0.267. The number of hydrogen-bond donors (Lipinski definition) is 1. The fourth-order valence-corrected chi connectivity index (χ4v) is 3.98. The van der Waals surface area contributed by atoms with Crippen LogP contribution < -0.4 is 0 Å². The highest BCUT2D eigenvalue weighted by atomic mass is 16.6. The number of aliphatic hydroxyl groups is 1. The maximum Gasteiger partial charge on any atom is 0.295 e. The Hall–Kier alpha value is -3.52. The number of hydrogen-bond acceptors (Lipinski definition) is 6. The van der Waals surface area contributed by atoms with Gasteiger partial charge in [-0.3, -0.25) is 19.7 Å². The average molecular weight is 408 g/mol. The number of Topliss-reactive ketones (excluding diaryl/α,β-unsaturated/α-hetero) is 1. The van der Waals surface area contributed by atoms with Crippen molar-refractivity contribution in [3.05, 3.63) is 81.4 Å². The van der Waals surface area contributed by atoms with Gasteiger partial charge in [0.1, 0.15) is 5.76 Å². The summed E-state index contributed by atoms with van der Waals surface area (Å²) in [6.07, 6.45) is 1.39. The molecule has 2 unspecified atom stereocenters. The van der Waals surface area contributed by atoms with Crippen LogP contribution in [0.5, 0.6) is 0 Å². The van der Waals surface area contributed by atoms with E-state index < -0.39 is 22.7 Å². The number of carbonyl (C=O) groups excluding carboxylic acids is 2. The molecule has 30 heavy (non-hydrogen) atoms. The number of amides is 1. The first-order valence-corrected chi connectivity index (χ1v) is 9.67. The van der Waals surface area contributed by atoms with Crippen LogP contribution in [0.1, 0.15) is 30.0 Å². The molecule has 0 radical (unpaired) electrons. The molecular weight excluding hydrogens is 388 g/mol. The molecule has 2 heterocycles. The Morgan fingerprint density at radius 1 is 1.17 bits per heavy atom. The van der Waals surface area contributed by atoms with Crippen molar-refractivity contribution >= 4 is 23.1 Å². The van der Waals surface area contributed by atoms with Gasteiger partial charge in [0.15, 0.2) is 0 Å². The molecule has 1 N–H and O–H groups in total. The van der Waals surface area contributed by atoms with Crippen molar-refractivity contribution in [2.24, 2.45) is 0 Å². The van der Waals surface area contributed by atoms with E-state index in [0.29, 0.717) is 17.7 Å². The first kappa shape index (κ1) is 19.8. The zero-order chi connectivity index (χ0) is 21.3. The highest BCUT2D eigenvalue weighted by Gasteiger charge is 2.47. The van der Waals surface area contributed by atoms with Crippen molar-refractivity contribution in [2.75, 3.05) is 13.2 Å². The van der Waals surface area contributed by atoms with E-state index in [-0.39, 0.29) is 29.7 Å². The monoisotopic (exact) mass is 408 g/mol. The summed E-state index contributed by atoms with van der Waals surface area (Å²) in [6, 6.07) is 13.3. The summed E-state index contributed by atoms with van der Waals surface area (Å²) in [4.78, 5) is 37.9. The van der Waals surface area contributed by atoms with Crippen molar-refractivity contribution < 1.29 is 24.4 Å². The Morgan fingerprint density at radius 2 is 1.93 bits per heavy atom. The molecule has 8 nitrogen and oxygen atoms in total. The highest BCUT2D eigenvalue weighted by molar-refractivity contribution is 6.46. The van der Waals surface area contributed by atoms with Crippen molar-refractivity contribution in [2.45, 2.75) is 25.0 Å². The summed E-state index contributed by atoms with van der Waals surface area (Å²) < 4.78 is 5.63. The van der Waals surface area contributed by atoms with E-state index in [9.17, 15) is 24.8 Å². The molecule has 8 heteroatoms. The molecule has 0 aliphatic carbocycles. The van der Waals surface area contributed by atoms with E-state index in [0.717, 1.165) is 12.8 Å². The number of nitrogens with zero attached hydrogens (tertiary/aromatic N) is 2. The Bertz CT molecular complexity index is 1030. The average Bonchev–Trinajstić information content (AvgIpc) is 3.36. The number of nitro benzene ring substituents is 1. The Balaban J connectivity index is 1.85. The van der Waals surface area contributed by atoms with E-state index >= 15 is 0 Å². The van der Waals surface area contributed by atoms with Crippen LogP contribution in [0.4, 0.5) is 5.69 Å². The zero-order valence-corrected chi connectivity index (χ0v) is 16.1. The van der Waals surface area contributed by atoms with Crippen molar-refractivity contribution in [3.63, 3.8) is 0 Å². The van der Waals surface area contributed by atoms with Gasteiger partial charge in [0, 0.05) is 30.8 Å². The molecule has 2 aromatic rings. The number of non-ortho nitro benzene ring substituents is 1. The number of likely N-dealkylation sites (tertiary alicyclic amines) is 1. The molecule has 2 aromatic carbocycles. The van der Waals surface area contributed by atoms with Gasteiger partial charge in [-0.05, 0) is 18.4 Å². The van der Waals surface area contributed by atoms with Gasteiger partial charge in [-0.1, -0.05) is 42.5 Å². The Labute approximate surface area is 172 Å². The smallest absolute Gasteiger partial charge is 0.295 e. The molecule has 154 valence electrons. The normalized spacial score (nSPS) is 23.1. The lowest BCUT2D eigenvalue weighted by molar-refractivity contribution is -0.384. The van der Waals surface area contributed by atoms with Crippen LogP contribution in [-0.4, -0.2) is 45.9 Å². The van der Waals surface area contributed by atoms with E-state index in [2.05, 4.69) is 0 Å². The van der Waals surface area contributed by atoms with Gasteiger partial charge < -0.3 is 14.7 Å². The first-order valence-electron chi connectivity index (χ1n) is 9.67. The molecule has 4 rings (SSSR count). The lowest BCUT2D eigenvalue weighted by Crippen LogP contribution is -2.36. The molecule has 2 aliphatic rings. The second-order valence-corrected chi connectivity index (χ2v) is 7.30. The van der Waals surface area contributed by atoms with E-state index in [1.54, 1.807) is 36.4 Å². The second kappa shape index (κ2) is 8.08. The van der Waals surface area contributed by atoms with E-state index in [4.69, 9.17) is 4.74 Å². The maximum atomic E-state index is 12.9. The third kappa shape index (κ3) is 3.57. The van der Waals surface area contributed by atoms with Crippen LogP contribution in [0, 0.1) is 10.1 Å². The van der Waals surface area contributed by atoms with Crippen LogP contribution in [0.15, 0.2) is 60.2 Å². The predicted octanol–water partition coefficient (Wildman–Crippen LogP) is 3.20. The van der Waals surface area contributed by atoms with E-state index in [1.807, 2.05) is 0 Å². The summed E-state index contributed by atoms with van der Waals surface area (Å²) in [5.74, 6) is -1.87. The summed E-state index contributed by atoms with van der Waals surface area (Å²) in [6.45, 7) is 0.754. The topological polar surface area (TPSA) is 110 Å². The largest absolute Gasteiger partial charge is 0.507 e. The van der Waals surface area contributed by atoms with Crippen molar-refractivity contribution in [3.8, 4) is 0 Å². The number of aliphatic hydroxyl groups excluding tert-OH is 1. The lowest BCUT2D eigenvalue weighted by atomic mass is 9.95. The summed E-state index contributed by atoms with van der Waals surface area (Å²) >= 11 is 0. The van der Waals surface area contributed by atoms with Crippen molar-refractivity contribution in [1.29, 1.82) is 0 Å². The molecule has 2 fully saturated rings. The fraction of sp³-hybridized carbons (Fsp3) is 0.273. The van der Waals surface area contributed by atoms with Crippen LogP contribution in [0.25, 0.3) is 5.76 Å². The number of carbonyl (C=O) groups is 2. The standard InChI is InChI=1S/C22H20N2O6/c25-20(14-6-2-1-3-7-14)18-19(15-8-4-9-16(12-15)24(28)29)23(22(27)21(18)26)13-17-10-5-11-30-17/h1-4,6-9,12,17,19,25H,5,10-11,13H2/b20-18+. The Kier molecular flexibility index (Phi) is 5.33. The number of ether oxygens (including phenoxy) is 1. The number of ketones is 1. The lowest BCUT2D eigenvalue weighted by Gasteiger charge is -2.27. The molecule has 0 spiro atoms. The van der Waals surface area contributed by atoms with Crippen LogP contribution >= 0.6 is 0 Å². The number of benzene rings is 2. The number of nitro groups is 1. The van der Waals surface area contributed by atoms with Gasteiger partial charge in [-0.25, -0.2) is 0 Å².